The highest BCUT2D eigenvalue weighted by molar-refractivity contribution is 5.91. The van der Waals surface area contributed by atoms with Crippen LogP contribution in [0.1, 0.15) is 12.8 Å². The third-order valence-electron chi connectivity index (χ3n) is 3.80. The van der Waals surface area contributed by atoms with Gasteiger partial charge in [0.2, 0.25) is 5.91 Å². The van der Waals surface area contributed by atoms with E-state index in [1.807, 2.05) is 0 Å². The number of amides is 2. The van der Waals surface area contributed by atoms with Crippen molar-refractivity contribution in [2.24, 2.45) is 11.7 Å². The van der Waals surface area contributed by atoms with Gasteiger partial charge in [0.15, 0.2) is 6.54 Å². The topological polar surface area (TPSA) is 85.9 Å². The zero-order valence-electron chi connectivity index (χ0n) is 12.2. The summed E-state index contributed by atoms with van der Waals surface area (Å²) in [5, 5.41) is 2.85. The van der Waals surface area contributed by atoms with Crippen molar-refractivity contribution in [2.45, 2.75) is 12.8 Å². The minimum atomic E-state index is -0.261. The molecule has 0 spiro atoms. The van der Waals surface area contributed by atoms with Crippen LogP contribution in [0.2, 0.25) is 0 Å². The smallest absolute Gasteiger partial charge is 0.279 e. The quantitative estimate of drug-likeness (QED) is 0.678. The van der Waals surface area contributed by atoms with Gasteiger partial charge in [-0.3, -0.25) is 9.59 Å². The van der Waals surface area contributed by atoms with E-state index < -0.39 is 0 Å². The Morgan fingerprint density at radius 2 is 2.10 bits per heavy atom. The number of carbonyl (C=O) groups is 2. The van der Waals surface area contributed by atoms with Crippen molar-refractivity contribution in [1.29, 1.82) is 0 Å². The fourth-order valence-corrected chi connectivity index (χ4v) is 2.66. The molecule has 0 saturated carbocycles. The molecule has 0 radical (unpaired) electrons. The van der Waals surface area contributed by atoms with E-state index in [2.05, 4.69) is 5.32 Å². The number of methoxy groups -OCH3 is 1. The van der Waals surface area contributed by atoms with E-state index in [4.69, 9.17) is 10.5 Å². The summed E-state index contributed by atoms with van der Waals surface area (Å²) < 4.78 is 5.07. The maximum atomic E-state index is 12.0. The number of benzene rings is 1. The first kappa shape index (κ1) is 15.3. The number of rotatable bonds is 5. The third-order valence-corrected chi connectivity index (χ3v) is 3.80. The molecular formula is C15H22N3O3+. The number of carbonyl (C=O) groups excluding carboxylic acids is 2. The van der Waals surface area contributed by atoms with Crippen LogP contribution in [0.3, 0.4) is 0 Å². The summed E-state index contributed by atoms with van der Waals surface area (Å²) in [5.74, 6) is 0.324. The van der Waals surface area contributed by atoms with E-state index in [1.54, 1.807) is 31.4 Å². The Bertz CT molecular complexity index is 501. The normalized spacial score (nSPS) is 21.6. The molecule has 21 heavy (non-hydrogen) atoms. The fourth-order valence-electron chi connectivity index (χ4n) is 2.66. The molecule has 0 bridgehead atoms. The van der Waals surface area contributed by atoms with E-state index >= 15 is 0 Å². The van der Waals surface area contributed by atoms with Crippen LogP contribution in [-0.2, 0) is 9.59 Å². The lowest BCUT2D eigenvalue weighted by Crippen LogP contribution is -3.14. The van der Waals surface area contributed by atoms with Crippen molar-refractivity contribution in [2.75, 3.05) is 32.1 Å². The van der Waals surface area contributed by atoms with Gasteiger partial charge in [-0.25, -0.2) is 0 Å². The van der Waals surface area contributed by atoms with Gasteiger partial charge in [-0.05, 0) is 37.1 Å². The summed E-state index contributed by atoms with van der Waals surface area (Å²) in [5.41, 5.74) is 6.09. The fraction of sp³-hybridized carbons (Fsp3) is 0.467. The molecule has 1 aromatic rings. The number of piperidine rings is 1. The number of primary amides is 1. The maximum Gasteiger partial charge on any atom is 0.279 e. The second-order valence-electron chi connectivity index (χ2n) is 5.40. The highest BCUT2D eigenvalue weighted by Crippen LogP contribution is 2.14. The molecular weight excluding hydrogens is 270 g/mol. The number of hydrogen-bond donors (Lipinski definition) is 3. The molecule has 1 saturated heterocycles. The lowest BCUT2D eigenvalue weighted by molar-refractivity contribution is -0.899. The van der Waals surface area contributed by atoms with E-state index in [9.17, 15) is 9.59 Å². The third kappa shape index (κ3) is 4.46. The molecule has 1 aromatic carbocycles. The van der Waals surface area contributed by atoms with Crippen LogP contribution >= 0.6 is 0 Å². The molecule has 1 fully saturated rings. The molecule has 1 aliphatic heterocycles. The molecule has 2 amide bonds. The molecule has 0 aliphatic carbocycles. The second kappa shape index (κ2) is 7.08. The lowest BCUT2D eigenvalue weighted by atomic mass is 9.97. The predicted molar refractivity (Wildman–Crippen MR) is 79.1 cm³/mol. The number of nitrogens with one attached hydrogen (secondary N) is 2. The number of anilines is 1. The van der Waals surface area contributed by atoms with Crippen LogP contribution in [0, 0.1) is 5.92 Å². The van der Waals surface area contributed by atoms with E-state index in [0.29, 0.717) is 13.1 Å². The molecule has 6 nitrogen and oxygen atoms in total. The Hall–Kier alpha value is -2.08. The maximum absolute atomic E-state index is 12.0. The van der Waals surface area contributed by atoms with Gasteiger partial charge in [0, 0.05) is 5.69 Å². The minimum absolute atomic E-state index is 0.0553. The summed E-state index contributed by atoms with van der Waals surface area (Å²) in [7, 11) is 1.60. The molecule has 1 aliphatic rings. The van der Waals surface area contributed by atoms with Gasteiger partial charge in [0.05, 0.1) is 26.1 Å². The summed E-state index contributed by atoms with van der Waals surface area (Å²) in [6, 6.07) is 7.20. The number of likely N-dealkylation sites (tertiary alicyclic amines) is 1. The van der Waals surface area contributed by atoms with Crippen LogP contribution in [0.5, 0.6) is 5.75 Å². The number of hydrogen-bond acceptors (Lipinski definition) is 3. The Morgan fingerprint density at radius 1 is 1.38 bits per heavy atom. The highest BCUT2D eigenvalue weighted by atomic mass is 16.5. The van der Waals surface area contributed by atoms with Crippen LogP contribution in [-0.4, -0.2) is 38.6 Å². The zero-order chi connectivity index (χ0) is 15.2. The van der Waals surface area contributed by atoms with Crippen molar-refractivity contribution in [3.63, 3.8) is 0 Å². The second-order valence-corrected chi connectivity index (χ2v) is 5.40. The monoisotopic (exact) mass is 292 g/mol. The van der Waals surface area contributed by atoms with Crippen molar-refractivity contribution in [3.8, 4) is 5.75 Å². The molecule has 114 valence electrons. The Balaban J connectivity index is 1.84. The molecule has 2 rings (SSSR count). The van der Waals surface area contributed by atoms with Crippen molar-refractivity contribution in [3.05, 3.63) is 24.3 Å². The molecule has 1 heterocycles. The first-order chi connectivity index (χ1) is 10.1. The van der Waals surface area contributed by atoms with Gasteiger partial charge in [-0.1, -0.05) is 0 Å². The van der Waals surface area contributed by atoms with Gasteiger partial charge >= 0.3 is 0 Å². The van der Waals surface area contributed by atoms with Crippen LogP contribution in [0.4, 0.5) is 5.69 Å². The number of nitrogens with two attached hydrogens (primary N) is 1. The van der Waals surface area contributed by atoms with Gasteiger partial charge < -0.3 is 20.7 Å². The van der Waals surface area contributed by atoms with E-state index in [0.717, 1.165) is 35.7 Å². The summed E-state index contributed by atoms with van der Waals surface area (Å²) in [6.07, 6.45) is 1.76. The molecule has 1 unspecified atom stereocenters. The van der Waals surface area contributed by atoms with Gasteiger partial charge in [0.25, 0.3) is 5.91 Å². The molecule has 2 atom stereocenters. The average molecular weight is 292 g/mol. The van der Waals surface area contributed by atoms with Crippen LogP contribution in [0.15, 0.2) is 24.3 Å². The highest BCUT2D eigenvalue weighted by Gasteiger charge is 2.28. The van der Waals surface area contributed by atoms with Crippen LogP contribution < -0.4 is 20.7 Å². The summed E-state index contributed by atoms with van der Waals surface area (Å²) in [4.78, 5) is 24.4. The molecule has 0 aromatic heterocycles. The first-order valence-corrected chi connectivity index (χ1v) is 7.15. The standard InChI is InChI=1S/C15H21N3O3/c1-21-13-6-4-12(5-7-13)17-14(19)10-18-8-2-3-11(9-18)15(16)20/h4-7,11H,2-3,8-10H2,1H3,(H2,16,20)(H,17,19)/p+1/t11-/m1/s1. The van der Waals surface area contributed by atoms with E-state index in [1.165, 1.54) is 0 Å². The Labute approximate surface area is 124 Å². The summed E-state index contributed by atoms with van der Waals surface area (Å²) >= 11 is 0. The largest absolute Gasteiger partial charge is 0.497 e. The van der Waals surface area contributed by atoms with Crippen molar-refractivity contribution >= 4 is 17.5 Å². The zero-order valence-corrected chi connectivity index (χ0v) is 12.2. The number of ether oxygens (including phenoxy) is 1. The Kier molecular flexibility index (Phi) is 5.16. The van der Waals surface area contributed by atoms with E-state index in [-0.39, 0.29) is 17.7 Å². The minimum Gasteiger partial charge on any atom is -0.497 e. The van der Waals surface area contributed by atoms with Crippen molar-refractivity contribution in [1.82, 2.24) is 0 Å². The molecule has 6 heteroatoms. The van der Waals surface area contributed by atoms with Gasteiger partial charge in [-0.2, -0.15) is 0 Å². The Morgan fingerprint density at radius 3 is 2.71 bits per heavy atom. The van der Waals surface area contributed by atoms with Gasteiger partial charge in [0.1, 0.15) is 5.75 Å². The average Bonchev–Trinajstić information content (AvgIpc) is 2.48. The van der Waals surface area contributed by atoms with Gasteiger partial charge in [-0.15, -0.1) is 0 Å². The molecule has 4 N–H and O–H groups in total. The number of quaternary nitrogens is 1. The summed E-state index contributed by atoms with van der Waals surface area (Å²) in [6.45, 7) is 1.90. The first-order valence-electron chi connectivity index (χ1n) is 7.15. The van der Waals surface area contributed by atoms with Crippen molar-refractivity contribution < 1.29 is 19.2 Å². The SMILES string of the molecule is COc1ccc(NC(=O)C[NH+]2CCC[C@@H](C(N)=O)C2)cc1. The predicted octanol–water partition coefficient (Wildman–Crippen LogP) is -0.586. The van der Waals surface area contributed by atoms with Crippen LogP contribution in [0.25, 0.3) is 0 Å². The lowest BCUT2D eigenvalue weighted by Gasteiger charge is -2.27.